The van der Waals surface area contributed by atoms with Crippen molar-refractivity contribution in [1.82, 2.24) is 0 Å². The van der Waals surface area contributed by atoms with Crippen molar-refractivity contribution >= 4 is 11.6 Å². The molecule has 1 amide bonds. The third-order valence-corrected chi connectivity index (χ3v) is 3.14. The van der Waals surface area contributed by atoms with E-state index in [-0.39, 0.29) is 5.91 Å². The number of carbonyl (C=O) groups is 1. The van der Waals surface area contributed by atoms with E-state index in [9.17, 15) is 4.79 Å². The average molecular weight is 258 g/mol. The molecule has 2 aromatic rings. The molecule has 4 heteroatoms. The predicted molar refractivity (Wildman–Crippen MR) is 75.2 cm³/mol. The van der Waals surface area contributed by atoms with Gasteiger partial charge in [-0.1, -0.05) is 19.1 Å². The van der Waals surface area contributed by atoms with E-state index in [0.29, 0.717) is 24.3 Å². The minimum absolute atomic E-state index is 0.0697. The lowest BCUT2D eigenvalue weighted by Gasteiger charge is -2.17. The van der Waals surface area contributed by atoms with Gasteiger partial charge in [-0.25, -0.2) is 0 Å². The van der Waals surface area contributed by atoms with Crippen LogP contribution in [0.15, 0.2) is 41.0 Å². The second-order valence-corrected chi connectivity index (χ2v) is 4.35. The monoisotopic (exact) mass is 258 g/mol. The SMILES string of the molecule is CCc1occc1C(=O)N(C)c1cccc(CN)c1. The predicted octanol–water partition coefficient (Wildman–Crippen LogP) is 2.58. The molecule has 2 N–H and O–H groups in total. The number of nitrogens with two attached hydrogens (primary N) is 1. The lowest BCUT2D eigenvalue weighted by atomic mass is 10.1. The number of rotatable bonds is 4. The molecule has 2 rings (SSSR count). The Bertz CT molecular complexity index is 575. The van der Waals surface area contributed by atoms with Crippen LogP contribution in [0, 0.1) is 0 Å². The second kappa shape index (κ2) is 5.71. The first-order valence-corrected chi connectivity index (χ1v) is 6.30. The molecule has 19 heavy (non-hydrogen) atoms. The molecule has 1 aromatic carbocycles. The van der Waals surface area contributed by atoms with Crippen molar-refractivity contribution in [2.24, 2.45) is 5.73 Å². The van der Waals surface area contributed by atoms with Crippen molar-refractivity contribution in [3.8, 4) is 0 Å². The van der Waals surface area contributed by atoms with Crippen molar-refractivity contribution in [2.75, 3.05) is 11.9 Å². The molecule has 0 unspecified atom stereocenters. The van der Waals surface area contributed by atoms with Gasteiger partial charge in [0.25, 0.3) is 5.91 Å². The van der Waals surface area contributed by atoms with Crippen molar-refractivity contribution in [1.29, 1.82) is 0 Å². The van der Waals surface area contributed by atoms with Gasteiger partial charge < -0.3 is 15.1 Å². The van der Waals surface area contributed by atoms with Crippen LogP contribution in [-0.4, -0.2) is 13.0 Å². The van der Waals surface area contributed by atoms with Gasteiger partial charge >= 0.3 is 0 Å². The van der Waals surface area contributed by atoms with E-state index >= 15 is 0 Å². The number of furan rings is 1. The van der Waals surface area contributed by atoms with E-state index in [2.05, 4.69) is 0 Å². The summed E-state index contributed by atoms with van der Waals surface area (Å²) in [6.07, 6.45) is 2.25. The summed E-state index contributed by atoms with van der Waals surface area (Å²) >= 11 is 0. The molecule has 0 radical (unpaired) electrons. The number of carbonyl (C=O) groups excluding carboxylic acids is 1. The zero-order valence-corrected chi connectivity index (χ0v) is 11.2. The zero-order chi connectivity index (χ0) is 13.8. The number of anilines is 1. The number of aryl methyl sites for hydroxylation is 1. The molecule has 1 heterocycles. The van der Waals surface area contributed by atoms with Crippen molar-refractivity contribution in [3.63, 3.8) is 0 Å². The highest BCUT2D eigenvalue weighted by Gasteiger charge is 2.18. The summed E-state index contributed by atoms with van der Waals surface area (Å²) in [6.45, 7) is 2.42. The summed E-state index contributed by atoms with van der Waals surface area (Å²) in [5, 5.41) is 0. The summed E-state index contributed by atoms with van der Waals surface area (Å²) in [5.74, 6) is 0.645. The van der Waals surface area contributed by atoms with Gasteiger partial charge in [-0.3, -0.25) is 4.79 Å². The molecule has 0 bridgehead atoms. The lowest BCUT2D eigenvalue weighted by molar-refractivity contribution is 0.0991. The van der Waals surface area contributed by atoms with E-state index in [1.165, 1.54) is 0 Å². The Morgan fingerprint density at radius 2 is 2.16 bits per heavy atom. The molecule has 0 aliphatic rings. The highest BCUT2D eigenvalue weighted by atomic mass is 16.3. The van der Waals surface area contributed by atoms with Crippen molar-refractivity contribution in [3.05, 3.63) is 53.5 Å². The van der Waals surface area contributed by atoms with E-state index in [1.807, 2.05) is 31.2 Å². The fourth-order valence-electron chi connectivity index (χ4n) is 1.99. The highest BCUT2D eigenvalue weighted by molar-refractivity contribution is 6.06. The first-order valence-electron chi connectivity index (χ1n) is 6.30. The molecule has 0 saturated heterocycles. The van der Waals surface area contributed by atoms with Crippen LogP contribution in [0.1, 0.15) is 28.6 Å². The molecular weight excluding hydrogens is 240 g/mol. The largest absolute Gasteiger partial charge is 0.469 e. The number of benzene rings is 1. The van der Waals surface area contributed by atoms with Crippen LogP contribution in [0.25, 0.3) is 0 Å². The van der Waals surface area contributed by atoms with E-state index in [0.717, 1.165) is 11.3 Å². The number of nitrogens with zero attached hydrogens (tertiary/aromatic N) is 1. The van der Waals surface area contributed by atoms with Crippen molar-refractivity contribution < 1.29 is 9.21 Å². The van der Waals surface area contributed by atoms with Crippen LogP contribution in [0.3, 0.4) is 0 Å². The Morgan fingerprint density at radius 1 is 1.37 bits per heavy atom. The molecule has 0 spiro atoms. The maximum atomic E-state index is 12.4. The minimum atomic E-state index is -0.0697. The summed E-state index contributed by atoms with van der Waals surface area (Å²) in [4.78, 5) is 14.0. The molecule has 0 aliphatic carbocycles. The Kier molecular flexibility index (Phi) is 4.02. The minimum Gasteiger partial charge on any atom is -0.469 e. The normalized spacial score (nSPS) is 10.5. The topological polar surface area (TPSA) is 59.5 Å². The van der Waals surface area contributed by atoms with Crippen LogP contribution in [0.5, 0.6) is 0 Å². The average Bonchev–Trinajstić information content (AvgIpc) is 2.94. The van der Waals surface area contributed by atoms with Gasteiger partial charge in [0.2, 0.25) is 0 Å². The Hall–Kier alpha value is -2.07. The van der Waals surface area contributed by atoms with Gasteiger partial charge in [0.05, 0.1) is 11.8 Å². The number of hydrogen-bond donors (Lipinski definition) is 1. The third-order valence-electron chi connectivity index (χ3n) is 3.14. The van der Waals surface area contributed by atoms with Crippen LogP contribution >= 0.6 is 0 Å². The molecule has 0 atom stereocenters. The van der Waals surface area contributed by atoms with Crippen LogP contribution in [0.4, 0.5) is 5.69 Å². The first kappa shape index (κ1) is 13.4. The smallest absolute Gasteiger partial charge is 0.261 e. The van der Waals surface area contributed by atoms with E-state index in [1.54, 1.807) is 24.3 Å². The van der Waals surface area contributed by atoms with Gasteiger partial charge in [-0.05, 0) is 23.8 Å². The summed E-state index contributed by atoms with van der Waals surface area (Å²) in [7, 11) is 1.75. The van der Waals surface area contributed by atoms with Crippen LogP contribution in [0.2, 0.25) is 0 Å². The highest BCUT2D eigenvalue weighted by Crippen LogP contribution is 2.20. The van der Waals surface area contributed by atoms with Crippen molar-refractivity contribution in [2.45, 2.75) is 19.9 Å². The van der Waals surface area contributed by atoms with Gasteiger partial charge in [-0.15, -0.1) is 0 Å². The molecule has 1 aromatic heterocycles. The third kappa shape index (κ3) is 2.69. The molecule has 0 fully saturated rings. The van der Waals surface area contributed by atoms with E-state index in [4.69, 9.17) is 10.2 Å². The summed E-state index contributed by atoms with van der Waals surface area (Å²) < 4.78 is 5.30. The molecule has 100 valence electrons. The van der Waals surface area contributed by atoms with E-state index < -0.39 is 0 Å². The Labute approximate surface area is 112 Å². The van der Waals surface area contributed by atoms with Gasteiger partial charge in [0, 0.05) is 25.7 Å². The molecule has 0 aliphatic heterocycles. The molecule has 4 nitrogen and oxygen atoms in total. The Morgan fingerprint density at radius 3 is 2.84 bits per heavy atom. The zero-order valence-electron chi connectivity index (χ0n) is 11.2. The fraction of sp³-hybridized carbons (Fsp3) is 0.267. The number of hydrogen-bond acceptors (Lipinski definition) is 3. The van der Waals surface area contributed by atoms with Gasteiger partial charge in [0.1, 0.15) is 5.76 Å². The maximum Gasteiger partial charge on any atom is 0.261 e. The number of amides is 1. The van der Waals surface area contributed by atoms with Gasteiger partial charge in [0.15, 0.2) is 0 Å². The standard InChI is InChI=1S/C15H18N2O2/c1-3-14-13(7-8-19-14)15(18)17(2)12-6-4-5-11(9-12)10-16/h4-9H,3,10,16H2,1-2H3. The quantitative estimate of drug-likeness (QED) is 0.917. The first-order chi connectivity index (χ1) is 9.17. The lowest BCUT2D eigenvalue weighted by Crippen LogP contribution is -2.26. The summed E-state index contributed by atoms with van der Waals surface area (Å²) in [6, 6.07) is 9.37. The maximum absolute atomic E-state index is 12.4. The van der Waals surface area contributed by atoms with Gasteiger partial charge in [-0.2, -0.15) is 0 Å². The van der Waals surface area contributed by atoms with Crippen LogP contribution < -0.4 is 10.6 Å². The van der Waals surface area contributed by atoms with Crippen LogP contribution in [-0.2, 0) is 13.0 Å². The molecule has 0 saturated carbocycles. The second-order valence-electron chi connectivity index (χ2n) is 4.35. The Balaban J connectivity index is 2.28. The molecular formula is C15H18N2O2. The fourth-order valence-corrected chi connectivity index (χ4v) is 1.99. The summed E-state index contributed by atoms with van der Waals surface area (Å²) in [5.41, 5.74) is 8.06.